The molecule has 0 spiro atoms. The van der Waals surface area contributed by atoms with E-state index in [0.717, 1.165) is 27.5 Å². The van der Waals surface area contributed by atoms with Crippen molar-refractivity contribution >= 4 is 33.1 Å². The first-order valence-corrected chi connectivity index (χ1v) is 6.29. The summed E-state index contributed by atoms with van der Waals surface area (Å²) in [5, 5.41) is 5.21. The molecule has 0 aliphatic rings. The summed E-state index contributed by atoms with van der Waals surface area (Å²) in [6.07, 6.45) is 1.78. The smallest absolute Gasteiger partial charge is 0.171 e. The van der Waals surface area contributed by atoms with Crippen LogP contribution in [0.3, 0.4) is 0 Å². The third-order valence-electron chi connectivity index (χ3n) is 1.83. The van der Waals surface area contributed by atoms with Crippen LogP contribution in [0.25, 0.3) is 10.7 Å². The van der Waals surface area contributed by atoms with Crippen LogP contribution >= 0.6 is 27.3 Å². The predicted molar refractivity (Wildman–Crippen MR) is 67.2 cm³/mol. The summed E-state index contributed by atoms with van der Waals surface area (Å²) in [7, 11) is 0. The number of nitrogens with one attached hydrogen (secondary N) is 1. The zero-order valence-corrected chi connectivity index (χ0v) is 10.6. The minimum Gasteiger partial charge on any atom is -0.369 e. The molecule has 0 saturated carbocycles. The zero-order valence-electron chi connectivity index (χ0n) is 8.20. The SMILES string of the molecule is CCNc1nc(-c2cccs2)ncc1Br. The van der Waals surface area contributed by atoms with Crippen molar-refractivity contribution in [1.82, 2.24) is 9.97 Å². The summed E-state index contributed by atoms with van der Waals surface area (Å²) in [6.45, 7) is 2.89. The Morgan fingerprint density at radius 2 is 2.40 bits per heavy atom. The van der Waals surface area contributed by atoms with Crippen molar-refractivity contribution in [3.63, 3.8) is 0 Å². The standard InChI is InChI=1S/C10H10BrN3S/c1-2-12-9-7(11)6-13-10(14-9)8-4-3-5-15-8/h3-6H,2H2,1H3,(H,12,13,14). The molecular formula is C10H10BrN3S. The first-order chi connectivity index (χ1) is 7.31. The number of hydrogen-bond acceptors (Lipinski definition) is 4. The molecule has 2 heterocycles. The Morgan fingerprint density at radius 1 is 1.53 bits per heavy atom. The molecule has 0 aliphatic heterocycles. The molecule has 15 heavy (non-hydrogen) atoms. The Balaban J connectivity index is 2.38. The van der Waals surface area contributed by atoms with Crippen molar-refractivity contribution in [2.75, 3.05) is 11.9 Å². The van der Waals surface area contributed by atoms with Crippen LogP contribution < -0.4 is 5.32 Å². The van der Waals surface area contributed by atoms with Gasteiger partial charge in [0, 0.05) is 12.7 Å². The lowest BCUT2D eigenvalue weighted by Gasteiger charge is -2.05. The average Bonchev–Trinajstić information content (AvgIpc) is 2.75. The number of thiophene rings is 1. The van der Waals surface area contributed by atoms with Gasteiger partial charge in [-0.15, -0.1) is 11.3 Å². The van der Waals surface area contributed by atoms with Crippen LogP contribution in [0.1, 0.15) is 6.92 Å². The fourth-order valence-corrected chi connectivity index (χ4v) is 2.18. The lowest BCUT2D eigenvalue weighted by atomic mass is 10.4. The van der Waals surface area contributed by atoms with E-state index in [0.29, 0.717) is 0 Å². The lowest BCUT2D eigenvalue weighted by Crippen LogP contribution is -2.01. The number of rotatable bonds is 3. The molecule has 0 amide bonds. The number of halogens is 1. The van der Waals surface area contributed by atoms with Crippen LogP contribution in [0.2, 0.25) is 0 Å². The van der Waals surface area contributed by atoms with Gasteiger partial charge < -0.3 is 5.32 Å². The van der Waals surface area contributed by atoms with E-state index in [1.165, 1.54) is 0 Å². The molecule has 0 unspecified atom stereocenters. The lowest BCUT2D eigenvalue weighted by molar-refractivity contribution is 1.11. The third kappa shape index (κ3) is 2.35. The van der Waals surface area contributed by atoms with Gasteiger partial charge in [0.2, 0.25) is 0 Å². The molecule has 0 fully saturated rings. The Morgan fingerprint density at radius 3 is 3.07 bits per heavy atom. The highest BCUT2D eigenvalue weighted by atomic mass is 79.9. The van der Waals surface area contributed by atoms with Gasteiger partial charge in [-0.25, -0.2) is 9.97 Å². The first kappa shape index (κ1) is 10.6. The van der Waals surface area contributed by atoms with E-state index in [-0.39, 0.29) is 0 Å². The first-order valence-electron chi connectivity index (χ1n) is 4.61. The molecule has 78 valence electrons. The second kappa shape index (κ2) is 4.72. The summed E-state index contributed by atoms with van der Waals surface area (Å²) >= 11 is 5.05. The maximum absolute atomic E-state index is 4.45. The van der Waals surface area contributed by atoms with Gasteiger partial charge in [-0.2, -0.15) is 0 Å². The van der Waals surface area contributed by atoms with E-state index >= 15 is 0 Å². The minimum atomic E-state index is 0.768. The van der Waals surface area contributed by atoms with Gasteiger partial charge in [-0.3, -0.25) is 0 Å². The molecular weight excluding hydrogens is 274 g/mol. The van der Waals surface area contributed by atoms with Gasteiger partial charge in [0.05, 0.1) is 9.35 Å². The second-order valence-electron chi connectivity index (χ2n) is 2.90. The van der Waals surface area contributed by atoms with Crippen LogP contribution in [0.15, 0.2) is 28.2 Å². The molecule has 2 aromatic rings. The highest BCUT2D eigenvalue weighted by Crippen LogP contribution is 2.25. The van der Waals surface area contributed by atoms with Gasteiger partial charge >= 0.3 is 0 Å². The van der Waals surface area contributed by atoms with Crippen molar-refractivity contribution in [3.8, 4) is 10.7 Å². The largest absolute Gasteiger partial charge is 0.369 e. The van der Waals surface area contributed by atoms with Crippen LogP contribution in [0, 0.1) is 0 Å². The zero-order chi connectivity index (χ0) is 10.7. The highest BCUT2D eigenvalue weighted by Gasteiger charge is 2.06. The van der Waals surface area contributed by atoms with E-state index in [4.69, 9.17) is 0 Å². The van der Waals surface area contributed by atoms with E-state index in [2.05, 4.69) is 31.2 Å². The Labute approximate surface area is 101 Å². The third-order valence-corrected chi connectivity index (χ3v) is 3.28. The van der Waals surface area contributed by atoms with Gasteiger partial charge in [0.1, 0.15) is 5.82 Å². The maximum Gasteiger partial charge on any atom is 0.171 e. The maximum atomic E-state index is 4.45. The van der Waals surface area contributed by atoms with E-state index in [9.17, 15) is 0 Å². The molecule has 2 rings (SSSR count). The molecule has 2 aromatic heterocycles. The Bertz CT molecular complexity index is 442. The quantitative estimate of drug-likeness (QED) is 0.938. The molecule has 0 bridgehead atoms. The summed E-state index contributed by atoms with van der Waals surface area (Å²) in [5.41, 5.74) is 0. The highest BCUT2D eigenvalue weighted by molar-refractivity contribution is 9.10. The summed E-state index contributed by atoms with van der Waals surface area (Å²) in [4.78, 5) is 9.81. The molecule has 0 atom stereocenters. The van der Waals surface area contributed by atoms with Crippen LogP contribution in [-0.2, 0) is 0 Å². The van der Waals surface area contributed by atoms with Crippen molar-refractivity contribution in [1.29, 1.82) is 0 Å². The molecule has 0 aromatic carbocycles. The van der Waals surface area contributed by atoms with E-state index in [1.54, 1.807) is 17.5 Å². The van der Waals surface area contributed by atoms with Gasteiger partial charge in [0.25, 0.3) is 0 Å². The number of nitrogens with zero attached hydrogens (tertiary/aromatic N) is 2. The van der Waals surface area contributed by atoms with Crippen molar-refractivity contribution in [2.45, 2.75) is 6.92 Å². The average molecular weight is 284 g/mol. The topological polar surface area (TPSA) is 37.8 Å². The molecule has 0 aliphatic carbocycles. The summed E-state index contributed by atoms with van der Waals surface area (Å²) in [6, 6.07) is 4.02. The van der Waals surface area contributed by atoms with Gasteiger partial charge in [0.15, 0.2) is 5.82 Å². The van der Waals surface area contributed by atoms with Crippen LogP contribution in [-0.4, -0.2) is 16.5 Å². The van der Waals surface area contributed by atoms with E-state index in [1.807, 2.05) is 24.4 Å². The van der Waals surface area contributed by atoms with Gasteiger partial charge in [-0.1, -0.05) is 6.07 Å². The van der Waals surface area contributed by atoms with Crippen molar-refractivity contribution in [3.05, 3.63) is 28.2 Å². The number of anilines is 1. The Kier molecular flexibility index (Phi) is 3.33. The van der Waals surface area contributed by atoms with E-state index < -0.39 is 0 Å². The predicted octanol–water partition coefficient (Wildman–Crippen LogP) is 3.40. The second-order valence-corrected chi connectivity index (χ2v) is 4.70. The van der Waals surface area contributed by atoms with Crippen molar-refractivity contribution < 1.29 is 0 Å². The Hall–Kier alpha value is -0.940. The van der Waals surface area contributed by atoms with Crippen LogP contribution in [0.5, 0.6) is 0 Å². The fraction of sp³-hybridized carbons (Fsp3) is 0.200. The normalized spacial score (nSPS) is 10.3. The molecule has 5 heteroatoms. The van der Waals surface area contributed by atoms with Crippen molar-refractivity contribution in [2.24, 2.45) is 0 Å². The summed E-state index contributed by atoms with van der Waals surface area (Å²) < 4.78 is 0.893. The molecule has 0 radical (unpaired) electrons. The summed E-state index contributed by atoms with van der Waals surface area (Å²) in [5.74, 6) is 1.61. The van der Waals surface area contributed by atoms with Gasteiger partial charge in [-0.05, 0) is 34.3 Å². The fourth-order valence-electron chi connectivity index (χ4n) is 1.18. The number of aromatic nitrogens is 2. The number of hydrogen-bond donors (Lipinski definition) is 1. The molecule has 0 saturated heterocycles. The molecule has 1 N–H and O–H groups in total. The monoisotopic (exact) mass is 283 g/mol. The minimum absolute atomic E-state index is 0.768. The van der Waals surface area contributed by atoms with Crippen LogP contribution in [0.4, 0.5) is 5.82 Å². The molecule has 3 nitrogen and oxygen atoms in total.